The third-order valence-corrected chi connectivity index (χ3v) is 9.55. The maximum absolute atomic E-state index is 13.5. The summed E-state index contributed by atoms with van der Waals surface area (Å²) in [5.41, 5.74) is 2.19. The van der Waals surface area contributed by atoms with Crippen LogP contribution in [0.4, 0.5) is 5.69 Å². The summed E-state index contributed by atoms with van der Waals surface area (Å²) in [5, 5.41) is 16.6. The van der Waals surface area contributed by atoms with Gasteiger partial charge < -0.3 is 24.6 Å². The van der Waals surface area contributed by atoms with Gasteiger partial charge in [0, 0.05) is 30.8 Å². The van der Waals surface area contributed by atoms with Crippen molar-refractivity contribution in [3.05, 3.63) is 71.1 Å². The highest BCUT2D eigenvalue weighted by Crippen LogP contribution is 2.30. The Hall–Kier alpha value is -3.74. The third-order valence-electron chi connectivity index (χ3n) is 7.48. The van der Waals surface area contributed by atoms with Gasteiger partial charge in [-0.25, -0.2) is 8.42 Å². The molecule has 2 heterocycles. The van der Waals surface area contributed by atoms with Crippen LogP contribution in [0.3, 0.4) is 0 Å². The number of fused-ring (bicyclic) bond motifs is 1. The van der Waals surface area contributed by atoms with Gasteiger partial charge in [0.1, 0.15) is 22.4 Å². The standard InChI is InChI=1S/C30H38N4O7S/c1-19-16-34(20(2)18-35)29(37)15-24-14-25(31-28(36)13-23-9-7-6-8-10-23)11-12-26(24)40-27(19)17-33(5)42(38,39)30-21(3)32-41-22(30)4/h6-12,14,19-20,27,35H,13,15-18H2,1-5H3,(H,31,36)/t19-,20+,27-/m1/s1. The number of hydrogen-bond donors (Lipinski definition) is 2. The Morgan fingerprint density at radius 2 is 1.93 bits per heavy atom. The quantitative estimate of drug-likeness (QED) is 0.383. The molecule has 0 fully saturated rings. The molecule has 12 heteroatoms. The molecule has 11 nitrogen and oxygen atoms in total. The lowest BCUT2D eigenvalue weighted by atomic mass is 10.0. The zero-order valence-electron chi connectivity index (χ0n) is 24.5. The number of aryl methyl sites for hydroxylation is 2. The van der Waals surface area contributed by atoms with E-state index >= 15 is 0 Å². The number of aliphatic hydroxyl groups excluding tert-OH is 1. The van der Waals surface area contributed by atoms with Crippen LogP contribution in [0.25, 0.3) is 0 Å². The molecule has 0 saturated heterocycles. The maximum atomic E-state index is 13.5. The van der Waals surface area contributed by atoms with Crippen molar-refractivity contribution in [2.45, 2.75) is 57.6 Å². The molecule has 0 radical (unpaired) electrons. The van der Waals surface area contributed by atoms with Crippen LogP contribution >= 0.6 is 0 Å². The number of likely N-dealkylation sites (N-methyl/N-ethyl adjacent to an activating group) is 1. The Morgan fingerprint density at radius 3 is 2.57 bits per heavy atom. The second kappa shape index (κ2) is 13.1. The molecule has 0 saturated carbocycles. The Kier molecular flexibility index (Phi) is 9.70. The predicted molar refractivity (Wildman–Crippen MR) is 157 cm³/mol. The summed E-state index contributed by atoms with van der Waals surface area (Å²) in [6.07, 6.45) is -0.475. The average Bonchev–Trinajstić information content (AvgIpc) is 3.31. The molecular weight excluding hydrogens is 560 g/mol. The van der Waals surface area contributed by atoms with Crippen molar-refractivity contribution in [3.63, 3.8) is 0 Å². The molecule has 1 aliphatic heterocycles. The number of ether oxygens (including phenoxy) is 1. The van der Waals surface area contributed by atoms with Crippen molar-refractivity contribution < 1.29 is 32.4 Å². The van der Waals surface area contributed by atoms with Crippen molar-refractivity contribution in [3.8, 4) is 5.75 Å². The second-order valence-electron chi connectivity index (χ2n) is 10.9. The van der Waals surface area contributed by atoms with E-state index in [9.17, 15) is 23.1 Å². The average molecular weight is 599 g/mol. The smallest absolute Gasteiger partial charge is 0.248 e. The summed E-state index contributed by atoms with van der Waals surface area (Å²) >= 11 is 0. The van der Waals surface area contributed by atoms with E-state index in [0.29, 0.717) is 17.0 Å². The van der Waals surface area contributed by atoms with Gasteiger partial charge in [-0.05, 0) is 44.5 Å². The highest BCUT2D eigenvalue weighted by Gasteiger charge is 2.35. The number of nitrogens with zero attached hydrogens (tertiary/aromatic N) is 3. The zero-order valence-corrected chi connectivity index (χ0v) is 25.3. The highest BCUT2D eigenvalue weighted by molar-refractivity contribution is 7.89. The van der Waals surface area contributed by atoms with Crippen LogP contribution in [0.15, 0.2) is 57.9 Å². The Labute approximate surface area is 246 Å². The first kappa shape index (κ1) is 31.2. The van der Waals surface area contributed by atoms with Gasteiger partial charge in [-0.1, -0.05) is 42.4 Å². The van der Waals surface area contributed by atoms with E-state index in [-0.39, 0.29) is 66.6 Å². The Morgan fingerprint density at radius 1 is 1.21 bits per heavy atom. The van der Waals surface area contributed by atoms with E-state index in [0.717, 1.165) is 5.56 Å². The lowest BCUT2D eigenvalue weighted by Gasteiger charge is -2.33. The lowest BCUT2D eigenvalue weighted by Crippen LogP contribution is -2.48. The summed E-state index contributed by atoms with van der Waals surface area (Å²) in [6, 6.07) is 14.0. The summed E-state index contributed by atoms with van der Waals surface area (Å²) in [4.78, 5) is 27.8. The number of amides is 2. The fourth-order valence-electron chi connectivity index (χ4n) is 5.06. The number of sulfonamides is 1. The summed E-state index contributed by atoms with van der Waals surface area (Å²) in [5.74, 6) is -0.101. The predicted octanol–water partition coefficient (Wildman–Crippen LogP) is 2.94. The minimum absolute atomic E-state index is 0.0158. The Bertz CT molecular complexity index is 1500. The summed E-state index contributed by atoms with van der Waals surface area (Å²) < 4.78 is 39.7. The van der Waals surface area contributed by atoms with Crippen molar-refractivity contribution >= 4 is 27.5 Å². The molecule has 2 aromatic carbocycles. The molecule has 4 rings (SSSR count). The summed E-state index contributed by atoms with van der Waals surface area (Å²) in [6.45, 7) is 6.76. The van der Waals surface area contributed by atoms with Crippen LogP contribution in [-0.2, 0) is 32.5 Å². The molecule has 2 N–H and O–H groups in total. The van der Waals surface area contributed by atoms with Crippen LogP contribution in [0.1, 0.15) is 36.4 Å². The van der Waals surface area contributed by atoms with E-state index in [1.54, 1.807) is 43.9 Å². The molecule has 2 amide bonds. The molecule has 1 aromatic heterocycles. The van der Waals surface area contributed by atoms with Crippen LogP contribution < -0.4 is 10.1 Å². The molecular formula is C30H38N4O7S. The van der Waals surface area contributed by atoms with Crippen molar-refractivity contribution in [2.75, 3.05) is 32.1 Å². The first-order valence-electron chi connectivity index (χ1n) is 13.8. The largest absolute Gasteiger partial charge is 0.488 e. The fraction of sp³-hybridized carbons (Fsp3) is 0.433. The van der Waals surface area contributed by atoms with Crippen molar-refractivity contribution in [1.82, 2.24) is 14.4 Å². The van der Waals surface area contributed by atoms with Gasteiger partial charge >= 0.3 is 0 Å². The van der Waals surface area contributed by atoms with Crippen molar-refractivity contribution in [2.24, 2.45) is 5.92 Å². The number of hydrogen-bond acceptors (Lipinski definition) is 8. The van der Waals surface area contributed by atoms with E-state index in [4.69, 9.17) is 9.26 Å². The maximum Gasteiger partial charge on any atom is 0.248 e. The van der Waals surface area contributed by atoms with Crippen LogP contribution in [0, 0.1) is 19.8 Å². The van der Waals surface area contributed by atoms with Gasteiger partial charge in [0.25, 0.3) is 0 Å². The monoisotopic (exact) mass is 598 g/mol. The van der Waals surface area contributed by atoms with E-state index in [1.165, 1.54) is 11.4 Å². The first-order valence-corrected chi connectivity index (χ1v) is 15.3. The second-order valence-corrected chi connectivity index (χ2v) is 12.8. The number of nitrogens with one attached hydrogen (secondary N) is 1. The van der Waals surface area contributed by atoms with Gasteiger partial charge in [0.15, 0.2) is 5.76 Å². The summed E-state index contributed by atoms with van der Waals surface area (Å²) in [7, 11) is -2.48. The van der Waals surface area contributed by atoms with Crippen LogP contribution in [0.5, 0.6) is 5.75 Å². The van der Waals surface area contributed by atoms with Gasteiger partial charge in [-0.3, -0.25) is 9.59 Å². The highest BCUT2D eigenvalue weighted by atomic mass is 32.2. The topological polar surface area (TPSA) is 142 Å². The zero-order chi connectivity index (χ0) is 30.6. The Balaban J connectivity index is 1.63. The van der Waals surface area contributed by atoms with Gasteiger partial charge in [0.2, 0.25) is 21.8 Å². The van der Waals surface area contributed by atoms with Crippen molar-refractivity contribution in [1.29, 1.82) is 0 Å². The molecule has 42 heavy (non-hydrogen) atoms. The number of benzene rings is 2. The number of aromatic nitrogens is 1. The van der Waals surface area contributed by atoms with Gasteiger partial charge in [0.05, 0.1) is 32.0 Å². The number of rotatable bonds is 9. The third kappa shape index (κ3) is 7.00. The molecule has 0 bridgehead atoms. The van der Waals surface area contributed by atoms with E-state index in [1.807, 2.05) is 37.3 Å². The first-order chi connectivity index (χ1) is 19.9. The van der Waals surface area contributed by atoms with Crippen LogP contribution in [-0.4, -0.2) is 78.6 Å². The molecule has 0 aliphatic carbocycles. The van der Waals surface area contributed by atoms with Gasteiger partial charge in [-0.2, -0.15) is 4.31 Å². The minimum atomic E-state index is -3.95. The number of aliphatic hydroxyl groups is 1. The molecule has 1 aliphatic rings. The molecule has 3 aromatic rings. The number of anilines is 1. The molecule has 0 unspecified atom stereocenters. The SMILES string of the molecule is Cc1noc(C)c1S(=O)(=O)N(C)C[C@H]1Oc2ccc(NC(=O)Cc3ccccc3)cc2CC(=O)N([C@@H](C)CO)C[C@H]1C. The normalized spacial score (nSPS) is 18.5. The van der Waals surface area contributed by atoms with E-state index in [2.05, 4.69) is 10.5 Å². The molecule has 226 valence electrons. The number of carbonyl (C=O) groups is 2. The number of carbonyl (C=O) groups excluding carboxylic acids is 2. The minimum Gasteiger partial charge on any atom is -0.488 e. The molecule has 3 atom stereocenters. The lowest BCUT2D eigenvalue weighted by molar-refractivity contribution is -0.134. The van der Waals surface area contributed by atoms with Gasteiger partial charge in [-0.15, -0.1) is 0 Å². The van der Waals surface area contributed by atoms with Crippen LogP contribution in [0.2, 0.25) is 0 Å². The molecule has 0 spiro atoms. The fourth-order valence-corrected chi connectivity index (χ4v) is 6.53. The van der Waals surface area contributed by atoms with E-state index < -0.39 is 22.2 Å².